The quantitative estimate of drug-likeness (QED) is 0.826. The molecule has 0 spiro atoms. The van der Waals surface area contributed by atoms with Crippen LogP contribution in [0.4, 0.5) is 0 Å². The molecule has 0 fully saturated rings. The van der Waals surface area contributed by atoms with Gasteiger partial charge in [-0.25, -0.2) is 16.8 Å². The Balaban J connectivity index is 3.45. The van der Waals surface area contributed by atoms with Crippen molar-refractivity contribution in [2.24, 2.45) is 0 Å². The van der Waals surface area contributed by atoms with E-state index in [4.69, 9.17) is 0 Å². The topological polar surface area (TPSA) is 68.3 Å². The maximum absolute atomic E-state index is 11.6. The third-order valence-electron chi connectivity index (χ3n) is 2.02. The normalized spacial score (nSPS) is 12.9. The summed E-state index contributed by atoms with van der Waals surface area (Å²) in [6.07, 6.45) is 0. The molecule has 1 aromatic rings. The summed E-state index contributed by atoms with van der Waals surface area (Å²) < 4.78 is 46.4. The predicted molar refractivity (Wildman–Crippen MR) is 59.8 cm³/mol. The summed E-state index contributed by atoms with van der Waals surface area (Å²) in [6.45, 7) is 2.99. The van der Waals surface area contributed by atoms with E-state index in [-0.39, 0.29) is 21.3 Å². The lowest BCUT2D eigenvalue weighted by Crippen LogP contribution is -2.10. The minimum Gasteiger partial charge on any atom is -0.224 e. The van der Waals surface area contributed by atoms with E-state index in [2.05, 4.69) is 0 Å². The van der Waals surface area contributed by atoms with Gasteiger partial charge in [-0.2, -0.15) is 0 Å². The van der Waals surface area contributed by atoms with E-state index in [1.165, 1.54) is 24.6 Å². The summed E-state index contributed by atoms with van der Waals surface area (Å²) in [5, 5.41) is 2.75. The van der Waals surface area contributed by atoms with Gasteiger partial charge in [-0.1, -0.05) is 13.8 Å². The van der Waals surface area contributed by atoms with Gasteiger partial charge in [0.1, 0.15) is 0 Å². The number of thiophene rings is 1. The van der Waals surface area contributed by atoms with E-state index in [0.29, 0.717) is 0 Å². The van der Waals surface area contributed by atoms with Crippen LogP contribution in [0.25, 0.3) is 0 Å². The van der Waals surface area contributed by atoms with Crippen molar-refractivity contribution in [2.45, 2.75) is 23.6 Å². The molecule has 0 aliphatic heterocycles. The summed E-state index contributed by atoms with van der Waals surface area (Å²) in [4.78, 5) is -0.117. The maximum Gasteiger partial charge on any atom is 0.180 e. The lowest BCUT2D eigenvalue weighted by molar-refractivity contribution is 0.585. The fourth-order valence-corrected chi connectivity index (χ4v) is 5.38. The molecule has 0 aromatic carbocycles. The van der Waals surface area contributed by atoms with Crippen LogP contribution in [-0.4, -0.2) is 28.3 Å². The zero-order valence-corrected chi connectivity index (χ0v) is 10.9. The van der Waals surface area contributed by atoms with Gasteiger partial charge in [-0.3, -0.25) is 0 Å². The van der Waals surface area contributed by atoms with Gasteiger partial charge < -0.3 is 0 Å². The van der Waals surface area contributed by atoms with Crippen LogP contribution >= 0.6 is 11.3 Å². The standard InChI is InChI=1S/C8H12O4S3/c1-3-14(9,10)7-5-13-6-8(7)15(11,12)4-2/h5-6H,3-4H2,1-2H3. The first kappa shape index (κ1) is 12.7. The Morgan fingerprint density at radius 2 is 1.27 bits per heavy atom. The lowest BCUT2D eigenvalue weighted by atomic mass is 10.7. The van der Waals surface area contributed by atoms with Gasteiger partial charge in [-0.05, 0) is 0 Å². The molecule has 0 unspecified atom stereocenters. The molecule has 0 atom stereocenters. The molecule has 7 heteroatoms. The average molecular weight is 268 g/mol. The second-order valence-corrected chi connectivity index (χ2v) is 8.14. The highest BCUT2D eigenvalue weighted by Gasteiger charge is 2.25. The molecule has 86 valence electrons. The molecule has 0 aliphatic carbocycles. The molecule has 15 heavy (non-hydrogen) atoms. The molecule has 1 heterocycles. The Morgan fingerprint density at radius 3 is 1.53 bits per heavy atom. The zero-order valence-electron chi connectivity index (χ0n) is 8.43. The second kappa shape index (κ2) is 4.23. The van der Waals surface area contributed by atoms with E-state index in [9.17, 15) is 16.8 Å². The van der Waals surface area contributed by atoms with Crippen molar-refractivity contribution in [3.8, 4) is 0 Å². The van der Waals surface area contributed by atoms with Crippen molar-refractivity contribution in [1.29, 1.82) is 0 Å². The van der Waals surface area contributed by atoms with Crippen LogP contribution in [0.1, 0.15) is 13.8 Å². The van der Waals surface area contributed by atoms with Gasteiger partial charge in [-0.15, -0.1) is 11.3 Å². The molecule has 0 saturated heterocycles. The summed E-state index contributed by atoms with van der Waals surface area (Å²) in [5.74, 6) is -0.175. The first-order valence-electron chi connectivity index (χ1n) is 4.37. The predicted octanol–water partition coefficient (Wildman–Crippen LogP) is 1.34. The Hall–Kier alpha value is -0.400. The van der Waals surface area contributed by atoms with Crippen LogP contribution in [0.15, 0.2) is 20.6 Å². The Morgan fingerprint density at radius 1 is 0.933 bits per heavy atom. The first-order chi connectivity index (χ1) is 6.85. The monoisotopic (exact) mass is 268 g/mol. The average Bonchev–Trinajstić information content (AvgIpc) is 2.67. The van der Waals surface area contributed by atoms with E-state index >= 15 is 0 Å². The smallest absolute Gasteiger partial charge is 0.180 e. The fourth-order valence-electron chi connectivity index (χ4n) is 1.04. The Kier molecular flexibility index (Phi) is 3.57. The van der Waals surface area contributed by atoms with Crippen molar-refractivity contribution >= 4 is 31.0 Å². The number of hydrogen-bond donors (Lipinski definition) is 0. The highest BCUT2D eigenvalue weighted by Crippen LogP contribution is 2.26. The maximum atomic E-state index is 11.6. The molecule has 4 nitrogen and oxygen atoms in total. The SMILES string of the molecule is CCS(=O)(=O)c1cscc1S(=O)(=O)CC. The fraction of sp³-hybridized carbons (Fsp3) is 0.500. The van der Waals surface area contributed by atoms with Crippen molar-refractivity contribution in [3.63, 3.8) is 0 Å². The van der Waals surface area contributed by atoms with E-state index < -0.39 is 19.7 Å². The third-order valence-corrected chi connectivity index (χ3v) is 6.73. The molecule has 0 aliphatic rings. The van der Waals surface area contributed by atoms with Crippen LogP contribution in [0.2, 0.25) is 0 Å². The van der Waals surface area contributed by atoms with Crippen LogP contribution in [0.5, 0.6) is 0 Å². The molecular formula is C8H12O4S3. The van der Waals surface area contributed by atoms with Gasteiger partial charge in [0.05, 0.1) is 21.3 Å². The van der Waals surface area contributed by atoms with Crippen LogP contribution < -0.4 is 0 Å². The summed E-state index contributed by atoms with van der Waals surface area (Å²) in [7, 11) is -6.90. The summed E-state index contributed by atoms with van der Waals surface area (Å²) in [6, 6.07) is 0. The molecule has 0 saturated carbocycles. The van der Waals surface area contributed by atoms with Crippen molar-refractivity contribution in [1.82, 2.24) is 0 Å². The lowest BCUT2D eigenvalue weighted by Gasteiger charge is -2.03. The molecule has 0 radical (unpaired) electrons. The number of hydrogen-bond acceptors (Lipinski definition) is 5. The van der Waals surface area contributed by atoms with Crippen LogP contribution in [0, 0.1) is 0 Å². The van der Waals surface area contributed by atoms with Gasteiger partial charge in [0, 0.05) is 10.8 Å². The van der Waals surface area contributed by atoms with Gasteiger partial charge in [0.15, 0.2) is 19.7 Å². The Labute approximate surface area is 93.8 Å². The molecule has 0 bridgehead atoms. The minimum atomic E-state index is -3.45. The Bertz CT molecular complexity index is 488. The van der Waals surface area contributed by atoms with Crippen LogP contribution in [0.3, 0.4) is 0 Å². The second-order valence-electron chi connectivity index (χ2n) is 2.91. The van der Waals surface area contributed by atoms with E-state index in [0.717, 1.165) is 11.3 Å². The molecule has 0 amide bonds. The van der Waals surface area contributed by atoms with Gasteiger partial charge >= 0.3 is 0 Å². The molecule has 1 aromatic heterocycles. The molecule has 1 rings (SSSR count). The largest absolute Gasteiger partial charge is 0.224 e. The first-order valence-corrected chi connectivity index (χ1v) is 8.61. The number of sulfone groups is 2. The zero-order chi connectivity index (χ0) is 11.7. The number of rotatable bonds is 4. The van der Waals surface area contributed by atoms with E-state index in [1.54, 1.807) is 0 Å². The minimum absolute atomic E-state index is 0.0585. The van der Waals surface area contributed by atoms with Crippen LogP contribution in [-0.2, 0) is 19.7 Å². The molecule has 0 N–H and O–H groups in total. The van der Waals surface area contributed by atoms with Gasteiger partial charge in [0.2, 0.25) is 0 Å². The summed E-state index contributed by atoms with van der Waals surface area (Å²) in [5.41, 5.74) is 0. The van der Waals surface area contributed by atoms with Gasteiger partial charge in [0.25, 0.3) is 0 Å². The van der Waals surface area contributed by atoms with Crippen molar-refractivity contribution in [3.05, 3.63) is 10.8 Å². The third kappa shape index (κ3) is 2.40. The molecular weight excluding hydrogens is 256 g/mol. The highest BCUT2D eigenvalue weighted by molar-refractivity contribution is 7.94. The van der Waals surface area contributed by atoms with Crippen molar-refractivity contribution in [2.75, 3.05) is 11.5 Å². The van der Waals surface area contributed by atoms with Crippen molar-refractivity contribution < 1.29 is 16.8 Å². The van der Waals surface area contributed by atoms with E-state index in [1.807, 2.05) is 0 Å². The highest BCUT2D eigenvalue weighted by atomic mass is 32.2. The summed E-state index contributed by atoms with van der Waals surface area (Å²) >= 11 is 1.09.